The molecule has 1 rings (SSSR count). The molecule has 1 aromatic rings. The summed E-state index contributed by atoms with van der Waals surface area (Å²) in [4.78, 5) is 25.2. The van der Waals surface area contributed by atoms with Gasteiger partial charge in [0.2, 0.25) is 6.41 Å². The average molecular weight is 195 g/mol. The molecule has 0 aliphatic carbocycles. The molecule has 74 valence electrons. The van der Waals surface area contributed by atoms with Gasteiger partial charge >= 0.3 is 5.97 Å². The van der Waals surface area contributed by atoms with E-state index < -0.39 is 5.97 Å². The first-order valence-corrected chi connectivity index (χ1v) is 3.88. The summed E-state index contributed by atoms with van der Waals surface area (Å²) in [5, 5.41) is 8.73. The van der Waals surface area contributed by atoms with Crippen LogP contribution >= 0.6 is 0 Å². The van der Waals surface area contributed by atoms with Crippen molar-refractivity contribution in [2.75, 3.05) is 0 Å². The maximum atomic E-state index is 11.1. The molecule has 0 saturated carbocycles. The van der Waals surface area contributed by atoms with Crippen molar-refractivity contribution < 1.29 is 19.5 Å². The standard InChI is InChI=1S/C9H9NO4/c11-5-7-1-3-8(4-2-7)9(13)14-10-6-12/h1-4,6,11H,5H2,(H,10,12). The maximum absolute atomic E-state index is 11.1. The summed E-state index contributed by atoms with van der Waals surface area (Å²) < 4.78 is 0. The Morgan fingerprint density at radius 2 is 2.07 bits per heavy atom. The molecule has 0 bridgehead atoms. The van der Waals surface area contributed by atoms with Crippen LogP contribution < -0.4 is 5.48 Å². The average Bonchev–Trinajstić information content (AvgIpc) is 2.26. The van der Waals surface area contributed by atoms with E-state index in [4.69, 9.17) is 5.11 Å². The fourth-order valence-electron chi connectivity index (χ4n) is 0.883. The largest absolute Gasteiger partial charge is 0.392 e. The number of nitrogens with one attached hydrogen (secondary N) is 1. The summed E-state index contributed by atoms with van der Waals surface area (Å²) in [7, 11) is 0. The van der Waals surface area contributed by atoms with Crippen LogP contribution in [0.1, 0.15) is 15.9 Å². The van der Waals surface area contributed by atoms with E-state index in [2.05, 4.69) is 4.84 Å². The monoisotopic (exact) mass is 195 g/mol. The lowest BCUT2D eigenvalue weighted by molar-refractivity contribution is -0.117. The number of aliphatic hydroxyl groups excluding tert-OH is 1. The zero-order valence-electron chi connectivity index (χ0n) is 7.27. The number of rotatable bonds is 4. The van der Waals surface area contributed by atoms with E-state index in [1.807, 2.05) is 0 Å². The summed E-state index contributed by atoms with van der Waals surface area (Å²) in [6.07, 6.45) is 0.264. The highest BCUT2D eigenvalue weighted by Crippen LogP contribution is 2.04. The van der Waals surface area contributed by atoms with Crippen molar-refractivity contribution in [1.82, 2.24) is 5.48 Å². The minimum Gasteiger partial charge on any atom is -0.392 e. The maximum Gasteiger partial charge on any atom is 0.362 e. The van der Waals surface area contributed by atoms with Gasteiger partial charge in [-0.1, -0.05) is 12.1 Å². The van der Waals surface area contributed by atoms with Crippen molar-refractivity contribution in [3.8, 4) is 0 Å². The third-order valence-electron chi connectivity index (χ3n) is 1.57. The molecular weight excluding hydrogens is 186 g/mol. The fraction of sp³-hybridized carbons (Fsp3) is 0.111. The van der Waals surface area contributed by atoms with Crippen molar-refractivity contribution in [1.29, 1.82) is 0 Å². The van der Waals surface area contributed by atoms with E-state index in [9.17, 15) is 9.59 Å². The van der Waals surface area contributed by atoms with Crippen LogP contribution in [0.4, 0.5) is 0 Å². The highest BCUT2D eigenvalue weighted by molar-refractivity contribution is 5.89. The number of amides is 1. The van der Waals surface area contributed by atoms with E-state index in [-0.39, 0.29) is 13.0 Å². The molecule has 0 spiro atoms. The lowest BCUT2D eigenvalue weighted by Gasteiger charge is -2.01. The van der Waals surface area contributed by atoms with Gasteiger partial charge in [-0.25, -0.2) is 4.79 Å². The molecule has 0 heterocycles. The zero-order chi connectivity index (χ0) is 10.4. The first-order chi connectivity index (χ1) is 6.77. The molecule has 1 amide bonds. The molecule has 5 nitrogen and oxygen atoms in total. The van der Waals surface area contributed by atoms with Crippen molar-refractivity contribution in [3.63, 3.8) is 0 Å². The van der Waals surface area contributed by atoms with Crippen molar-refractivity contribution in [2.24, 2.45) is 0 Å². The zero-order valence-corrected chi connectivity index (χ0v) is 7.27. The van der Waals surface area contributed by atoms with Crippen molar-refractivity contribution >= 4 is 12.4 Å². The summed E-state index contributed by atoms with van der Waals surface area (Å²) in [6, 6.07) is 6.19. The second-order valence-corrected chi connectivity index (χ2v) is 2.48. The first kappa shape index (κ1) is 10.2. The smallest absolute Gasteiger partial charge is 0.362 e. The van der Waals surface area contributed by atoms with Gasteiger partial charge in [0, 0.05) is 0 Å². The van der Waals surface area contributed by atoms with Crippen LogP contribution in [0.15, 0.2) is 24.3 Å². The molecule has 0 atom stereocenters. The summed E-state index contributed by atoms with van der Waals surface area (Å²) >= 11 is 0. The highest BCUT2D eigenvalue weighted by Gasteiger charge is 2.05. The molecule has 1 aromatic carbocycles. The Kier molecular flexibility index (Phi) is 3.63. The van der Waals surface area contributed by atoms with E-state index >= 15 is 0 Å². The minimum absolute atomic E-state index is 0.0814. The quantitative estimate of drug-likeness (QED) is 0.523. The van der Waals surface area contributed by atoms with Crippen LogP contribution in [0.25, 0.3) is 0 Å². The Morgan fingerprint density at radius 1 is 1.43 bits per heavy atom. The van der Waals surface area contributed by atoms with Gasteiger partial charge in [0.25, 0.3) is 0 Å². The molecule has 0 fully saturated rings. The SMILES string of the molecule is O=CNOC(=O)c1ccc(CO)cc1. The van der Waals surface area contributed by atoms with Gasteiger partial charge in [-0.2, -0.15) is 5.48 Å². The molecule has 0 radical (unpaired) electrons. The number of hydrogen-bond acceptors (Lipinski definition) is 4. The Bertz CT molecular complexity index is 320. The first-order valence-electron chi connectivity index (χ1n) is 3.88. The molecule has 0 saturated heterocycles. The molecule has 2 N–H and O–H groups in total. The summed E-state index contributed by atoms with van der Waals surface area (Å²) in [6.45, 7) is -0.0814. The molecule has 0 aliphatic heterocycles. The third-order valence-corrected chi connectivity index (χ3v) is 1.57. The number of carbonyl (C=O) groups is 2. The number of benzene rings is 1. The summed E-state index contributed by atoms with van der Waals surface area (Å²) in [5.41, 5.74) is 2.80. The number of aliphatic hydroxyl groups is 1. The van der Waals surface area contributed by atoms with E-state index in [0.29, 0.717) is 11.1 Å². The second kappa shape index (κ2) is 4.98. The highest BCUT2D eigenvalue weighted by atomic mass is 16.7. The van der Waals surface area contributed by atoms with Gasteiger partial charge in [-0.05, 0) is 17.7 Å². The van der Waals surface area contributed by atoms with Gasteiger partial charge < -0.3 is 9.94 Å². The molecular formula is C9H9NO4. The Labute approximate surface area is 80.3 Å². The lowest BCUT2D eigenvalue weighted by Crippen LogP contribution is -2.17. The van der Waals surface area contributed by atoms with E-state index in [0.717, 1.165) is 0 Å². The van der Waals surface area contributed by atoms with Crippen LogP contribution in [0.5, 0.6) is 0 Å². The topological polar surface area (TPSA) is 75.6 Å². The van der Waals surface area contributed by atoms with Crippen LogP contribution in [0, 0.1) is 0 Å². The number of carbonyl (C=O) groups excluding carboxylic acids is 2. The molecule has 0 aliphatic rings. The van der Waals surface area contributed by atoms with Gasteiger partial charge in [-0.15, -0.1) is 0 Å². The van der Waals surface area contributed by atoms with Crippen molar-refractivity contribution in [3.05, 3.63) is 35.4 Å². The lowest BCUT2D eigenvalue weighted by atomic mass is 10.1. The minimum atomic E-state index is -0.651. The van der Waals surface area contributed by atoms with Crippen LogP contribution in [-0.4, -0.2) is 17.5 Å². The molecule has 5 heteroatoms. The molecule has 0 unspecified atom stereocenters. The van der Waals surface area contributed by atoms with Crippen LogP contribution in [0.3, 0.4) is 0 Å². The van der Waals surface area contributed by atoms with E-state index in [1.54, 1.807) is 17.6 Å². The van der Waals surface area contributed by atoms with Gasteiger partial charge in [0.1, 0.15) is 0 Å². The Morgan fingerprint density at radius 3 is 2.57 bits per heavy atom. The fourth-order valence-corrected chi connectivity index (χ4v) is 0.883. The van der Waals surface area contributed by atoms with Gasteiger partial charge in [0.15, 0.2) is 0 Å². The molecule has 0 aromatic heterocycles. The van der Waals surface area contributed by atoms with Gasteiger partial charge in [-0.3, -0.25) is 4.79 Å². The second-order valence-electron chi connectivity index (χ2n) is 2.48. The molecule has 14 heavy (non-hydrogen) atoms. The van der Waals surface area contributed by atoms with E-state index in [1.165, 1.54) is 12.1 Å². The Balaban J connectivity index is 2.66. The summed E-state index contributed by atoms with van der Waals surface area (Å²) in [5.74, 6) is -0.651. The number of hydrogen-bond donors (Lipinski definition) is 2. The van der Waals surface area contributed by atoms with Gasteiger partial charge in [0.05, 0.1) is 12.2 Å². The van der Waals surface area contributed by atoms with Crippen molar-refractivity contribution in [2.45, 2.75) is 6.61 Å². The predicted molar refractivity (Wildman–Crippen MR) is 47.0 cm³/mol. The Hall–Kier alpha value is -1.88. The van der Waals surface area contributed by atoms with Crippen LogP contribution in [0.2, 0.25) is 0 Å². The predicted octanol–water partition coefficient (Wildman–Crippen LogP) is -0.00330. The number of hydroxylamine groups is 1. The van der Waals surface area contributed by atoms with Crippen LogP contribution in [-0.2, 0) is 16.2 Å². The third kappa shape index (κ3) is 2.56. The normalized spacial score (nSPS) is 9.21.